The van der Waals surface area contributed by atoms with Crippen LogP contribution < -0.4 is 0 Å². The highest BCUT2D eigenvalue weighted by Crippen LogP contribution is 2.16. The number of hydrogen-bond donors (Lipinski definition) is 0. The summed E-state index contributed by atoms with van der Waals surface area (Å²) in [5, 5.41) is 0. The first-order valence-electron chi connectivity index (χ1n) is 8.50. The second-order valence-corrected chi connectivity index (χ2v) is 6.08. The Bertz CT molecular complexity index is 623. The summed E-state index contributed by atoms with van der Waals surface area (Å²) in [4.78, 5) is 48.0. The molecule has 10 nitrogen and oxygen atoms in total. The second-order valence-electron chi connectivity index (χ2n) is 6.08. The number of carbonyl (C=O) groups excluding carboxylic acids is 4. The fourth-order valence-corrected chi connectivity index (χ4v) is 2.30. The van der Waals surface area contributed by atoms with E-state index in [4.69, 9.17) is 14.2 Å². The molecule has 0 radical (unpaired) electrons. The highest BCUT2D eigenvalue weighted by molar-refractivity contribution is 5.92. The molecule has 0 bridgehead atoms. The Labute approximate surface area is 163 Å². The summed E-state index contributed by atoms with van der Waals surface area (Å²) in [6.07, 6.45) is 3.71. The molecule has 0 amide bonds. The highest BCUT2D eigenvalue weighted by Gasteiger charge is 2.33. The molecule has 10 heteroatoms. The second kappa shape index (κ2) is 11.9. The molecule has 0 N–H and O–H groups in total. The molecule has 28 heavy (non-hydrogen) atoms. The molecule has 1 rings (SSSR count). The standard InChI is InChI=1S/C18H25NO9/c1-18(12-19-8-10-26-11-9-19,28-17(23)7-5-15(21)25-3)13-27-16(22)6-4-14(20)24-2/h4-7H,8-13H2,1-3H3/b6-4+,7-5+/t18-/m0/s1. The van der Waals surface area contributed by atoms with Crippen LogP contribution in [-0.4, -0.2) is 88.1 Å². The molecule has 0 aliphatic carbocycles. The summed E-state index contributed by atoms with van der Waals surface area (Å²) < 4.78 is 24.6. The van der Waals surface area contributed by atoms with Gasteiger partial charge in [-0.25, -0.2) is 19.2 Å². The minimum absolute atomic E-state index is 0.257. The summed E-state index contributed by atoms with van der Waals surface area (Å²) in [5.74, 6) is -2.99. The number of esters is 4. The van der Waals surface area contributed by atoms with Gasteiger partial charge < -0.3 is 23.7 Å². The maximum absolute atomic E-state index is 12.0. The van der Waals surface area contributed by atoms with Crippen molar-refractivity contribution in [2.75, 3.05) is 53.7 Å². The number of carbonyl (C=O) groups is 4. The van der Waals surface area contributed by atoms with E-state index in [1.54, 1.807) is 6.92 Å². The molecule has 1 aliphatic heterocycles. The first-order valence-corrected chi connectivity index (χ1v) is 8.50. The first-order chi connectivity index (χ1) is 13.3. The zero-order valence-corrected chi connectivity index (χ0v) is 16.2. The maximum atomic E-state index is 12.0. The lowest BCUT2D eigenvalue weighted by Crippen LogP contribution is -2.50. The Hall–Kier alpha value is -2.72. The molecule has 0 aromatic heterocycles. The van der Waals surface area contributed by atoms with Crippen LogP contribution in [0.4, 0.5) is 0 Å². The number of nitrogens with zero attached hydrogens (tertiary/aromatic N) is 1. The van der Waals surface area contributed by atoms with Gasteiger partial charge in [-0.2, -0.15) is 0 Å². The van der Waals surface area contributed by atoms with Crippen molar-refractivity contribution in [3.8, 4) is 0 Å². The molecular formula is C18H25NO9. The lowest BCUT2D eigenvalue weighted by molar-refractivity contribution is -0.167. The molecule has 1 aliphatic rings. The number of hydrogen-bond acceptors (Lipinski definition) is 10. The van der Waals surface area contributed by atoms with Crippen molar-refractivity contribution >= 4 is 23.9 Å². The van der Waals surface area contributed by atoms with Crippen molar-refractivity contribution in [2.24, 2.45) is 0 Å². The van der Waals surface area contributed by atoms with Crippen molar-refractivity contribution in [1.82, 2.24) is 4.90 Å². The predicted molar refractivity (Wildman–Crippen MR) is 95.0 cm³/mol. The van der Waals surface area contributed by atoms with Crippen LogP contribution in [0, 0.1) is 0 Å². The van der Waals surface area contributed by atoms with Crippen LogP contribution in [0.2, 0.25) is 0 Å². The maximum Gasteiger partial charge on any atom is 0.331 e. The van der Waals surface area contributed by atoms with E-state index >= 15 is 0 Å². The van der Waals surface area contributed by atoms with Crippen molar-refractivity contribution in [2.45, 2.75) is 12.5 Å². The average Bonchev–Trinajstić information content (AvgIpc) is 2.69. The van der Waals surface area contributed by atoms with Crippen LogP contribution in [0.5, 0.6) is 0 Å². The predicted octanol–water partition coefficient (Wildman–Crippen LogP) is -0.378. The molecule has 0 aromatic rings. The van der Waals surface area contributed by atoms with E-state index in [2.05, 4.69) is 9.47 Å². The lowest BCUT2D eigenvalue weighted by Gasteiger charge is -2.36. The minimum Gasteiger partial charge on any atom is -0.466 e. The van der Waals surface area contributed by atoms with E-state index in [9.17, 15) is 19.2 Å². The van der Waals surface area contributed by atoms with E-state index in [-0.39, 0.29) is 13.2 Å². The number of ether oxygens (including phenoxy) is 5. The quantitative estimate of drug-likeness (QED) is 0.288. The summed E-state index contributed by atoms with van der Waals surface area (Å²) in [6, 6.07) is 0. The molecular weight excluding hydrogens is 374 g/mol. The lowest BCUT2D eigenvalue weighted by atomic mass is 10.1. The Morgan fingerprint density at radius 1 is 0.893 bits per heavy atom. The number of methoxy groups -OCH3 is 2. The van der Waals surface area contributed by atoms with Gasteiger partial charge >= 0.3 is 23.9 Å². The monoisotopic (exact) mass is 399 g/mol. The molecule has 1 fully saturated rings. The Morgan fingerprint density at radius 3 is 1.93 bits per heavy atom. The zero-order chi connectivity index (χ0) is 21.0. The van der Waals surface area contributed by atoms with Crippen LogP contribution >= 0.6 is 0 Å². The van der Waals surface area contributed by atoms with Gasteiger partial charge in [0.05, 0.1) is 27.4 Å². The minimum atomic E-state index is -1.19. The summed E-state index contributed by atoms with van der Waals surface area (Å²) in [5.41, 5.74) is -1.19. The molecule has 156 valence electrons. The largest absolute Gasteiger partial charge is 0.466 e. The molecule has 0 saturated carbocycles. The normalized spacial score (nSPS) is 17.1. The third-order valence-corrected chi connectivity index (χ3v) is 3.64. The SMILES string of the molecule is COC(=O)/C=C/C(=O)OC[C@](C)(CN1CCOCC1)OC(=O)/C=C/C(=O)OC. The zero-order valence-electron chi connectivity index (χ0n) is 16.2. The van der Waals surface area contributed by atoms with Crippen LogP contribution in [-0.2, 0) is 42.9 Å². The third-order valence-electron chi connectivity index (χ3n) is 3.64. The van der Waals surface area contributed by atoms with Gasteiger partial charge in [-0.3, -0.25) is 4.90 Å². The van der Waals surface area contributed by atoms with E-state index in [1.807, 2.05) is 4.90 Å². The van der Waals surface area contributed by atoms with Crippen molar-refractivity contribution in [3.63, 3.8) is 0 Å². The Morgan fingerprint density at radius 2 is 1.39 bits per heavy atom. The van der Waals surface area contributed by atoms with Gasteiger partial charge in [0.1, 0.15) is 6.61 Å². The fourth-order valence-electron chi connectivity index (χ4n) is 2.30. The first kappa shape index (κ1) is 23.3. The van der Waals surface area contributed by atoms with Crippen molar-refractivity contribution in [3.05, 3.63) is 24.3 Å². The van der Waals surface area contributed by atoms with Gasteiger partial charge in [-0.05, 0) is 6.92 Å². The van der Waals surface area contributed by atoms with Gasteiger partial charge in [-0.15, -0.1) is 0 Å². The summed E-state index contributed by atoms with van der Waals surface area (Å²) >= 11 is 0. The summed E-state index contributed by atoms with van der Waals surface area (Å²) in [7, 11) is 2.36. The number of morpholine rings is 1. The fraction of sp³-hybridized carbons (Fsp3) is 0.556. The third kappa shape index (κ3) is 9.28. The molecule has 0 spiro atoms. The molecule has 1 heterocycles. The van der Waals surface area contributed by atoms with E-state index in [1.165, 1.54) is 14.2 Å². The van der Waals surface area contributed by atoms with Gasteiger partial charge in [0.15, 0.2) is 5.60 Å². The topological polar surface area (TPSA) is 118 Å². The van der Waals surface area contributed by atoms with Crippen LogP contribution in [0.15, 0.2) is 24.3 Å². The van der Waals surface area contributed by atoms with Crippen LogP contribution in [0.1, 0.15) is 6.92 Å². The molecule has 1 atom stereocenters. The van der Waals surface area contributed by atoms with Gasteiger partial charge in [0, 0.05) is 43.9 Å². The van der Waals surface area contributed by atoms with E-state index in [0.29, 0.717) is 26.3 Å². The van der Waals surface area contributed by atoms with Crippen LogP contribution in [0.25, 0.3) is 0 Å². The summed E-state index contributed by atoms with van der Waals surface area (Å²) in [6.45, 7) is 3.95. The van der Waals surface area contributed by atoms with E-state index in [0.717, 1.165) is 24.3 Å². The Balaban J connectivity index is 2.75. The van der Waals surface area contributed by atoms with Gasteiger partial charge in [-0.1, -0.05) is 0 Å². The molecule has 0 unspecified atom stereocenters. The average molecular weight is 399 g/mol. The van der Waals surface area contributed by atoms with Gasteiger partial charge in [0.2, 0.25) is 0 Å². The van der Waals surface area contributed by atoms with Gasteiger partial charge in [0.25, 0.3) is 0 Å². The Kier molecular flexibility index (Phi) is 9.89. The number of rotatable bonds is 9. The van der Waals surface area contributed by atoms with Crippen molar-refractivity contribution < 1.29 is 42.9 Å². The van der Waals surface area contributed by atoms with E-state index < -0.39 is 29.5 Å². The smallest absolute Gasteiger partial charge is 0.331 e. The van der Waals surface area contributed by atoms with Crippen molar-refractivity contribution in [1.29, 1.82) is 0 Å². The molecule has 1 saturated heterocycles. The molecule has 0 aromatic carbocycles. The highest BCUT2D eigenvalue weighted by atomic mass is 16.6. The van der Waals surface area contributed by atoms with Crippen LogP contribution in [0.3, 0.4) is 0 Å².